The molecule has 4 nitrogen and oxygen atoms in total. The maximum Gasteiger partial charge on any atom is 0.258 e. The Morgan fingerprint density at radius 1 is 1.42 bits per heavy atom. The zero-order valence-electron chi connectivity index (χ0n) is 10.4. The predicted octanol–water partition coefficient (Wildman–Crippen LogP) is 3.14. The molecule has 0 aliphatic rings. The highest BCUT2D eigenvalue weighted by Crippen LogP contribution is 2.15. The van der Waals surface area contributed by atoms with Gasteiger partial charge in [0.25, 0.3) is 5.91 Å². The fraction of sp³-hybridized carbons (Fsp3) is 0.214. The lowest BCUT2D eigenvalue weighted by atomic mass is 10.2. The van der Waals surface area contributed by atoms with Gasteiger partial charge in [0.15, 0.2) is 6.61 Å². The Morgan fingerprint density at radius 2 is 2.26 bits per heavy atom. The van der Waals surface area contributed by atoms with Gasteiger partial charge in [-0.3, -0.25) is 4.79 Å². The first kappa shape index (κ1) is 13.9. The summed E-state index contributed by atoms with van der Waals surface area (Å²) in [6.07, 6.45) is 1.58. The van der Waals surface area contributed by atoms with Crippen LogP contribution >= 0.6 is 22.6 Å². The van der Waals surface area contributed by atoms with Crippen LogP contribution in [0.3, 0.4) is 0 Å². The number of benzene rings is 1. The van der Waals surface area contributed by atoms with Crippen LogP contribution in [0.25, 0.3) is 0 Å². The van der Waals surface area contributed by atoms with Gasteiger partial charge in [-0.05, 0) is 59.8 Å². The van der Waals surface area contributed by atoms with Gasteiger partial charge in [0.1, 0.15) is 11.5 Å². The molecule has 0 radical (unpaired) electrons. The summed E-state index contributed by atoms with van der Waals surface area (Å²) in [5.41, 5.74) is 0. The third kappa shape index (κ3) is 4.27. The fourth-order valence-electron chi connectivity index (χ4n) is 1.60. The maximum absolute atomic E-state index is 11.7. The standard InChI is InChI=1S/C14H14INO3/c1-10(13-6-3-7-18-13)16-14(17)9-19-12-5-2-4-11(15)8-12/h2-8,10H,9H2,1H3,(H,16,17). The quantitative estimate of drug-likeness (QED) is 0.822. The summed E-state index contributed by atoms with van der Waals surface area (Å²) in [4.78, 5) is 11.7. The number of ether oxygens (including phenoxy) is 1. The monoisotopic (exact) mass is 371 g/mol. The smallest absolute Gasteiger partial charge is 0.258 e. The van der Waals surface area contributed by atoms with E-state index in [4.69, 9.17) is 9.15 Å². The number of halogens is 1. The lowest BCUT2D eigenvalue weighted by Gasteiger charge is -2.12. The first-order valence-corrected chi connectivity index (χ1v) is 6.94. The Labute approximate surface area is 125 Å². The minimum atomic E-state index is -0.178. The van der Waals surface area contributed by atoms with E-state index in [1.807, 2.05) is 37.3 Å². The number of nitrogens with one attached hydrogen (secondary N) is 1. The summed E-state index contributed by atoms with van der Waals surface area (Å²) >= 11 is 2.20. The highest BCUT2D eigenvalue weighted by molar-refractivity contribution is 14.1. The lowest BCUT2D eigenvalue weighted by molar-refractivity contribution is -0.123. The molecular weight excluding hydrogens is 357 g/mol. The van der Waals surface area contributed by atoms with Crippen LogP contribution in [-0.2, 0) is 4.79 Å². The lowest BCUT2D eigenvalue weighted by Crippen LogP contribution is -2.31. The molecular formula is C14H14INO3. The second-order valence-corrected chi connectivity index (χ2v) is 5.30. The minimum absolute atomic E-state index is 0.00879. The van der Waals surface area contributed by atoms with Crippen LogP contribution < -0.4 is 10.1 Å². The zero-order valence-corrected chi connectivity index (χ0v) is 12.6. The van der Waals surface area contributed by atoms with Gasteiger partial charge in [-0.15, -0.1) is 0 Å². The molecule has 0 bridgehead atoms. The van der Waals surface area contributed by atoms with Crippen molar-refractivity contribution < 1.29 is 13.9 Å². The Kier molecular flexibility index (Phi) is 4.84. The van der Waals surface area contributed by atoms with Crippen molar-refractivity contribution in [2.75, 3.05) is 6.61 Å². The zero-order chi connectivity index (χ0) is 13.7. The van der Waals surface area contributed by atoms with E-state index in [2.05, 4.69) is 27.9 Å². The molecule has 0 fully saturated rings. The molecule has 0 saturated heterocycles. The van der Waals surface area contributed by atoms with E-state index in [-0.39, 0.29) is 18.6 Å². The number of hydrogen-bond donors (Lipinski definition) is 1. The van der Waals surface area contributed by atoms with Crippen molar-refractivity contribution >= 4 is 28.5 Å². The second-order valence-electron chi connectivity index (χ2n) is 4.05. The first-order chi connectivity index (χ1) is 9.15. The van der Waals surface area contributed by atoms with E-state index < -0.39 is 0 Å². The number of furan rings is 1. The maximum atomic E-state index is 11.7. The summed E-state index contributed by atoms with van der Waals surface area (Å²) in [5, 5.41) is 2.81. The molecule has 0 spiro atoms. The van der Waals surface area contributed by atoms with Crippen molar-refractivity contribution in [3.05, 3.63) is 52.0 Å². The molecule has 1 amide bonds. The van der Waals surface area contributed by atoms with Gasteiger partial charge >= 0.3 is 0 Å². The van der Waals surface area contributed by atoms with Crippen LogP contribution in [0.4, 0.5) is 0 Å². The highest BCUT2D eigenvalue weighted by atomic mass is 127. The molecule has 1 heterocycles. The molecule has 1 N–H and O–H groups in total. The van der Waals surface area contributed by atoms with E-state index in [0.717, 1.165) is 9.33 Å². The normalized spacial score (nSPS) is 11.9. The molecule has 5 heteroatoms. The largest absolute Gasteiger partial charge is 0.484 e. The molecule has 1 aromatic heterocycles. The van der Waals surface area contributed by atoms with Crippen molar-refractivity contribution in [2.24, 2.45) is 0 Å². The number of amides is 1. The van der Waals surface area contributed by atoms with Gasteiger partial charge < -0.3 is 14.5 Å². The predicted molar refractivity (Wildman–Crippen MR) is 79.9 cm³/mol. The number of hydrogen-bond acceptors (Lipinski definition) is 3. The highest BCUT2D eigenvalue weighted by Gasteiger charge is 2.12. The molecule has 19 heavy (non-hydrogen) atoms. The van der Waals surface area contributed by atoms with Gasteiger partial charge in [0.05, 0.1) is 12.3 Å². The molecule has 0 aliphatic carbocycles. The SMILES string of the molecule is CC(NC(=O)COc1cccc(I)c1)c1ccco1. The van der Waals surface area contributed by atoms with E-state index in [9.17, 15) is 4.79 Å². The van der Waals surface area contributed by atoms with E-state index in [1.165, 1.54) is 0 Å². The molecule has 100 valence electrons. The van der Waals surface area contributed by atoms with Crippen LogP contribution in [0, 0.1) is 3.57 Å². The summed E-state index contributed by atoms with van der Waals surface area (Å²) < 4.78 is 11.7. The minimum Gasteiger partial charge on any atom is -0.484 e. The van der Waals surface area contributed by atoms with Crippen molar-refractivity contribution in [3.63, 3.8) is 0 Å². The average Bonchev–Trinajstić information content (AvgIpc) is 2.90. The summed E-state index contributed by atoms with van der Waals surface area (Å²) in [5.74, 6) is 1.23. The van der Waals surface area contributed by atoms with Gasteiger partial charge in [-0.2, -0.15) is 0 Å². The van der Waals surface area contributed by atoms with Crippen LogP contribution in [0.5, 0.6) is 5.75 Å². The van der Waals surface area contributed by atoms with E-state index >= 15 is 0 Å². The molecule has 1 atom stereocenters. The van der Waals surface area contributed by atoms with Gasteiger partial charge in [0.2, 0.25) is 0 Å². The molecule has 2 aromatic rings. The molecule has 2 rings (SSSR count). The van der Waals surface area contributed by atoms with E-state index in [1.54, 1.807) is 12.3 Å². The third-order valence-corrected chi connectivity index (χ3v) is 3.18. The summed E-state index contributed by atoms with van der Waals surface area (Å²) in [6.45, 7) is 1.85. The van der Waals surface area contributed by atoms with Gasteiger partial charge in [0, 0.05) is 3.57 Å². The van der Waals surface area contributed by atoms with Gasteiger partial charge in [-0.25, -0.2) is 0 Å². The topological polar surface area (TPSA) is 51.5 Å². The molecule has 0 aliphatic heterocycles. The molecule has 1 aromatic carbocycles. The number of rotatable bonds is 5. The number of carbonyl (C=O) groups excluding carboxylic acids is 1. The Hall–Kier alpha value is -1.50. The van der Waals surface area contributed by atoms with E-state index in [0.29, 0.717) is 5.75 Å². The number of carbonyl (C=O) groups is 1. The fourth-order valence-corrected chi connectivity index (χ4v) is 2.11. The third-order valence-electron chi connectivity index (χ3n) is 2.51. The van der Waals surface area contributed by atoms with Crippen LogP contribution in [0.1, 0.15) is 18.7 Å². The first-order valence-electron chi connectivity index (χ1n) is 5.86. The Balaban J connectivity index is 1.82. The van der Waals surface area contributed by atoms with Crippen molar-refractivity contribution in [2.45, 2.75) is 13.0 Å². The van der Waals surface area contributed by atoms with Crippen molar-refractivity contribution in [1.82, 2.24) is 5.32 Å². The van der Waals surface area contributed by atoms with Gasteiger partial charge in [-0.1, -0.05) is 6.07 Å². The second kappa shape index (κ2) is 6.60. The average molecular weight is 371 g/mol. The molecule has 0 saturated carbocycles. The summed E-state index contributed by atoms with van der Waals surface area (Å²) in [6, 6.07) is 11.0. The van der Waals surface area contributed by atoms with Crippen LogP contribution in [-0.4, -0.2) is 12.5 Å². The Morgan fingerprint density at radius 3 is 2.95 bits per heavy atom. The summed E-state index contributed by atoms with van der Waals surface area (Å²) in [7, 11) is 0. The van der Waals surface area contributed by atoms with Crippen LogP contribution in [0.15, 0.2) is 47.1 Å². The Bertz CT molecular complexity index is 539. The van der Waals surface area contributed by atoms with Crippen molar-refractivity contribution in [1.29, 1.82) is 0 Å². The van der Waals surface area contributed by atoms with Crippen LogP contribution in [0.2, 0.25) is 0 Å². The molecule has 1 unspecified atom stereocenters. The van der Waals surface area contributed by atoms with Crippen molar-refractivity contribution in [3.8, 4) is 5.75 Å².